The summed E-state index contributed by atoms with van der Waals surface area (Å²) in [5.74, 6) is -0.562. The predicted octanol–water partition coefficient (Wildman–Crippen LogP) is 1.98. The first-order valence-electron chi connectivity index (χ1n) is 6.91. The van der Waals surface area contributed by atoms with Gasteiger partial charge >= 0.3 is 5.97 Å². The molecule has 0 bridgehead atoms. The highest BCUT2D eigenvalue weighted by Crippen LogP contribution is 2.44. The maximum absolute atomic E-state index is 11.8. The van der Waals surface area contributed by atoms with Crippen molar-refractivity contribution < 1.29 is 9.53 Å². The minimum absolute atomic E-state index is 0.0312. The van der Waals surface area contributed by atoms with Gasteiger partial charge < -0.3 is 16.2 Å². The molecule has 2 aromatic rings. The van der Waals surface area contributed by atoms with E-state index in [0.717, 1.165) is 0 Å². The van der Waals surface area contributed by atoms with Gasteiger partial charge in [0.25, 0.3) is 0 Å². The van der Waals surface area contributed by atoms with Crippen LogP contribution in [0.2, 0.25) is 0 Å². The Hall–Kier alpha value is -2.17. The fourth-order valence-electron chi connectivity index (χ4n) is 2.75. The number of rotatable bonds is 3. The van der Waals surface area contributed by atoms with Crippen LogP contribution in [-0.4, -0.2) is 18.2 Å². The molecule has 0 fully saturated rings. The molecule has 0 saturated heterocycles. The molecule has 3 rings (SSSR count). The molecule has 1 aliphatic rings. The molecular formula is C17H18N2O2. The fraction of sp³-hybridized carbons (Fsp3) is 0.235. The van der Waals surface area contributed by atoms with Crippen LogP contribution in [0, 0.1) is 0 Å². The minimum Gasteiger partial charge on any atom is -0.462 e. The Morgan fingerprint density at radius 3 is 2.00 bits per heavy atom. The largest absolute Gasteiger partial charge is 0.462 e. The van der Waals surface area contributed by atoms with Crippen LogP contribution in [0.5, 0.6) is 0 Å². The van der Waals surface area contributed by atoms with Gasteiger partial charge in [-0.25, -0.2) is 4.79 Å². The van der Waals surface area contributed by atoms with Crippen molar-refractivity contribution in [3.05, 3.63) is 59.7 Å². The Kier molecular flexibility index (Phi) is 3.27. The first-order chi connectivity index (χ1) is 9.98. The van der Waals surface area contributed by atoms with Crippen molar-refractivity contribution >= 4 is 5.97 Å². The van der Waals surface area contributed by atoms with E-state index in [9.17, 15) is 4.79 Å². The fourth-order valence-corrected chi connectivity index (χ4v) is 2.75. The van der Waals surface area contributed by atoms with E-state index in [1.165, 1.54) is 29.2 Å². The molecular weight excluding hydrogens is 264 g/mol. The molecule has 0 saturated carbocycles. The molecule has 0 amide bonds. The zero-order valence-corrected chi connectivity index (χ0v) is 11.9. The molecule has 21 heavy (non-hydrogen) atoms. The number of carbonyl (C=O) groups excluding carboxylic acids is 1. The summed E-state index contributed by atoms with van der Waals surface area (Å²) in [6.07, 6.45) is 0. The number of hydrogen-bond acceptors (Lipinski definition) is 4. The lowest BCUT2D eigenvalue weighted by Crippen LogP contribution is -2.54. The SMILES string of the molecule is CC(N)(N)C(=O)OCC1c2ccccc2-c2ccccc21. The molecule has 4 heteroatoms. The Morgan fingerprint density at radius 1 is 1.05 bits per heavy atom. The van der Waals surface area contributed by atoms with Crippen LogP contribution in [0.3, 0.4) is 0 Å². The van der Waals surface area contributed by atoms with Crippen molar-refractivity contribution in [1.82, 2.24) is 0 Å². The molecule has 0 radical (unpaired) electrons. The Labute approximate surface area is 123 Å². The van der Waals surface area contributed by atoms with Gasteiger partial charge in [-0.3, -0.25) is 0 Å². The van der Waals surface area contributed by atoms with Gasteiger partial charge in [0, 0.05) is 5.92 Å². The number of ether oxygens (including phenoxy) is 1. The van der Waals surface area contributed by atoms with Gasteiger partial charge in [0.1, 0.15) is 6.61 Å². The van der Waals surface area contributed by atoms with Crippen LogP contribution in [0.1, 0.15) is 24.0 Å². The molecule has 0 spiro atoms. The quantitative estimate of drug-likeness (QED) is 0.666. The lowest BCUT2D eigenvalue weighted by Gasteiger charge is -2.19. The van der Waals surface area contributed by atoms with Crippen molar-refractivity contribution in [2.45, 2.75) is 18.5 Å². The van der Waals surface area contributed by atoms with Crippen LogP contribution in [0.4, 0.5) is 0 Å². The van der Waals surface area contributed by atoms with Crippen LogP contribution in [-0.2, 0) is 9.53 Å². The lowest BCUT2D eigenvalue weighted by atomic mass is 9.98. The third-order valence-corrected chi connectivity index (χ3v) is 3.78. The van der Waals surface area contributed by atoms with Crippen molar-refractivity contribution in [2.24, 2.45) is 11.5 Å². The van der Waals surface area contributed by atoms with Gasteiger partial charge in [-0.15, -0.1) is 0 Å². The van der Waals surface area contributed by atoms with E-state index < -0.39 is 11.6 Å². The second-order valence-corrected chi connectivity index (χ2v) is 5.61. The molecule has 0 aliphatic heterocycles. The number of nitrogens with two attached hydrogens (primary N) is 2. The van der Waals surface area contributed by atoms with Crippen LogP contribution in [0.15, 0.2) is 48.5 Å². The summed E-state index contributed by atoms with van der Waals surface area (Å²) in [6.45, 7) is 1.68. The smallest absolute Gasteiger partial charge is 0.340 e. The number of hydrogen-bond donors (Lipinski definition) is 2. The van der Waals surface area contributed by atoms with E-state index in [0.29, 0.717) is 0 Å². The second kappa shape index (κ2) is 4.98. The first-order valence-corrected chi connectivity index (χ1v) is 6.91. The lowest BCUT2D eigenvalue weighted by molar-refractivity contribution is -0.149. The van der Waals surface area contributed by atoms with Crippen molar-refractivity contribution in [1.29, 1.82) is 0 Å². The third-order valence-electron chi connectivity index (χ3n) is 3.78. The summed E-state index contributed by atoms with van der Waals surface area (Å²) in [4.78, 5) is 11.8. The average molecular weight is 282 g/mol. The van der Waals surface area contributed by atoms with E-state index in [4.69, 9.17) is 16.2 Å². The van der Waals surface area contributed by atoms with Crippen LogP contribution in [0.25, 0.3) is 11.1 Å². The molecule has 0 unspecified atom stereocenters. The Bertz CT molecular complexity index is 644. The highest BCUT2D eigenvalue weighted by atomic mass is 16.5. The molecule has 1 aliphatic carbocycles. The Morgan fingerprint density at radius 2 is 1.52 bits per heavy atom. The molecule has 108 valence electrons. The molecule has 4 nitrogen and oxygen atoms in total. The molecule has 2 aromatic carbocycles. The van der Waals surface area contributed by atoms with Gasteiger partial charge in [-0.1, -0.05) is 48.5 Å². The topological polar surface area (TPSA) is 78.3 Å². The number of fused-ring (bicyclic) bond motifs is 3. The summed E-state index contributed by atoms with van der Waals surface area (Å²) in [5, 5.41) is 0. The summed E-state index contributed by atoms with van der Waals surface area (Å²) in [5.41, 5.74) is 14.4. The van der Waals surface area contributed by atoms with E-state index >= 15 is 0 Å². The van der Waals surface area contributed by atoms with Crippen molar-refractivity contribution in [2.75, 3.05) is 6.61 Å². The first kappa shape index (κ1) is 13.8. The summed E-state index contributed by atoms with van der Waals surface area (Å²) < 4.78 is 5.32. The summed E-state index contributed by atoms with van der Waals surface area (Å²) >= 11 is 0. The van der Waals surface area contributed by atoms with E-state index in [2.05, 4.69) is 24.3 Å². The van der Waals surface area contributed by atoms with Gasteiger partial charge in [0.2, 0.25) is 0 Å². The van der Waals surface area contributed by atoms with Gasteiger partial charge in [-0.2, -0.15) is 0 Å². The van der Waals surface area contributed by atoms with E-state index in [1.807, 2.05) is 24.3 Å². The van der Waals surface area contributed by atoms with E-state index in [-0.39, 0.29) is 12.5 Å². The number of carbonyl (C=O) groups is 1. The minimum atomic E-state index is -1.46. The predicted molar refractivity (Wildman–Crippen MR) is 81.5 cm³/mol. The normalized spacial score (nSPS) is 13.7. The van der Waals surface area contributed by atoms with Gasteiger partial charge in [0.15, 0.2) is 5.66 Å². The maximum Gasteiger partial charge on any atom is 0.340 e. The van der Waals surface area contributed by atoms with Crippen molar-refractivity contribution in [3.8, 4) is 11.1 Å². The number of esters is 1. The van der Waals surface area contributed by atoms with Gasteiger partial charge in [-0.05, 0) is 29.2 Å². The maximum atomic E-state index is 11.8. The zero-order chi connectivity index (χ0) is 15.0. The second-order valence-electron chi connectivity index (χ2n) is 5.61. The summed E-state index contributed by atoms with van der Waals surface area (Å²) in [6, 6.07) is 16.3. The molecule has 0 aromatic heterocycles. The van der Waals surface area contributed by atoms with E-state index in [1.54, 1.807) is 0 Å². The standard InChI is InChI=1S/C17H18N2O2/c1-17(18,19)16(20)21-10-15-13-8-4-2-6-11(13)12-7-3-5-9-14(12)15/h2-9,15H,10,18-19H2,1H3. The summed E-state index contributed by atoms with van der Waals surface area (Å²) in [7, 11) is 0. The molecule has 4 N–H and O–H groups in total. The number of benzene rings is 2. The van der Waals surface area contributed by atoms with Crippen molar-refractivity contribution in [3.63, 3.8) is 0 Å². The van der Waals surface area contributed by atoms with Crippen LogP contribution < -0.4 is 11.5 Å². The highest BCUT2D eigenvalue weighted by molar-refractivity contribution is 5.81. The Balaban J connectivity index is 1.91. The third kappa shape index (κ3) is 2.44. The highest BCUT2D eigenvalue weighted by Gasteiger charge is 2.31. The average Bonchev–Trinajstić information content (AvgIpc) is 2.78. The van der Waals surface area contributed by atoms with Crippen LogP contribution >= 0.6 is 0 Å². The monoisotopic (exact) mass is 282 g/mol. The zero-order valence-electron chi connectivity index (χ0n) is 11.9. The molecule has 0 atom stereocenters. The van der Waals surface area contributed by atoms with Gasteiger partial charge in [0.05, 0.1) is 0 Å². The molecule has 0 heterocycles.